The summed E-state index contributed by atoms with van der Waals surface area (Å²) in [6.45, 7) is 1.85. The average molecular weight is 332 g/mol. The molecule has 7 nitrogen and oxygen atoms in total. The van der Waals surface area contributed by atoms with E-state index in [-0.39, 0.29) is 25.0 Å². The number of methoxy groups -OCH3 is 1. The molecule has 0 saturated heterocycles. The molecule has 1 heterocycles. The maximum Gasteiger partial charge on any atom is 0.312 e. The second-order valence-corrected chi connectivity index (χ2v) is 5.27. The standard InChI is InChI=1S/C17H20N2O5/c1-12(9-22-2)18-15(20)11-23-16(21)8-14-10-24-17(19-14)13-6-4-3-5-7-13/h3-7,10,12H,8-9,11H2,1-2H3,(H,18,20). The fraction of sp³-hybridized carbons (Fsp3) is 0.353. The molecule has 1 aromatic carbocycles. The summed E-state index contributed by atoms with van der Waals surface area (Å²) in [6.07, 6.45) is 1.35. The van der Waals surface area contributed by atoms with E-state index in [4.69, 9.17) is 13.9 Å². The van der Waals surface area contributed by atoms with Crippen LogP contribution in [0.15, 0.2) is 41.0 Å². The molecule has 7 heteroatoms. The van der Waals surface area contributed by atoms with Gasteiger partial charge in [-0.3, -0.25) is 9.59 Å². The smallest absolute Gasteiger partial charge is 0.312 e. The van der Waals surface area contributed by atoms with Gasteiger partial charge in [0, 0.05) is 18.7 Å². The number of rotatable bonds is 8. The van der Waals surface area contributed by atoms with Gasteiger partial charge in [0.2, 0.25) is 5.89 Å². The molecule has 128 valence electrons. The Morgan fingerprint density at radius 1 is 1.29 bits per heavy atom. The topological polar surface area (TPSA) is 90.7 Å². The fourth-order valence-corrected chi connectivity index (χ4v) is 2.05. The number of amides is 1. The lowest BCUT2D eigenvalue weighted by Crippen LogP contribution is -2.38. The first kappa shape index (κ1) is 17.7. The Morgan fingerprint density at radius 3 is 2.75 bits per heavy atom. The number of aromatic nitrogens is 1. The highest BCUT2D eigenvalue weighted by atomic mass is 16.5. The number of ether oxygens (including phenoxy) is 2. The first-order valence-electron chi connectivity index (χ1n) is 7.52. The molecule has 0 aliphatic carbocycles. The van der Waals surface area contributed by atoms with Crippen LogP contribution in [0.4, 0.5) is 0 Å². The molecule has 0 spiro atoms. The van der Waals surface area contributed by atoms with E-state index >= 15 is 0 Å². The van der Waals surface area contributed by atoms with Crippen molar-refractivity contribution in [2.24, 2.45) is 0 Å². The predicted octanol–water partition coefficient (Wildman–Crippen LogP) is 1.58. The normalized spacial score (nSPS) is 11.8. The highest BCUT2D eigenvalue weighted by Crippen LogP contribution is 2.18. The van der Waals surface area contributed by atoms with Gasteiger partial charge in [0.25, 0.3) is 5.91 Å². The van der Waals surface area contributed by atoms with Gasteiger partial charge in [0.05, 0.1) is 18.7 Å². The maximum absolute atomic E-state index is 11.8. The quantitative estimate of drug-likeness (QED) is 0.738. The van der Waals surface area contributed by atoms with E-state index in [9.17, 15) is 9.59 Å². The average Bonchev–Trinajstić information content (AvgIpc) is 3.02. The molecular weight excluding hydrogens is 312 g/mol. The zero-order valence-electron chi connectivity index (χ0n) is 13.7. The number of hydrogen-bond acceptors (Lipinski definition) is 6. The molecule has 0 aliphatic rings. The highest BCUT2D eigenvalue weighted by Gasteiger charge is 2.14. The van der Waals surface area contributed by atoms with Crippen LogP contribution in [0.25, 0.3) is 11.5 Å². The molecule has 0 aliphatic heterocycles. The lowest BCUT2D eigenvalue weighted by Gasteiger charge is -2.12. The number of esters is 1. The number of benzene rings is 1. The third-order valence-electron chi connectivity index (χ3n) is 3.09. The molecule has 1 unspecified atom stereocenters. The summed E-state index contributed by atoms with van der Waals surface area (Å²) in [5, 5.41) is 2.65. The number of hydrogen-bond donors (Lipinski definition) is 1. The van der Waals surface area contributed by atoms with Crippen LogP contribution in [0.3, 0.4) is 0 Å². The Kier molecular flexibility index (Phi) is 6.51. The van der Waals surface area contributed by atoms with Crippen molar-refractivity contribution < 1.29 is 23.5 Å². The minimum Gasteiger partial charge on any atom is -0.455 e. The first-order valence-corrected chi connectivity index (χ1v) is 7.52. The number of carbonyl (C=O) groups is 2. The van der Waals surface area contributed by atoms with Crippen molar-refractivity contribution in [2.45, 2.75) is 19.4 Å². The molecule has 1 amide bonds. The van der Waals surface area contributed by atoms with Crippen LogP contribution in [0.1, 0.15) is 12.6 Å². The number of carbonyl (C=O) groups excluding carboxylic acids is 2. The van der Waals surface area contributed by atoms with Crippen molar-refractivity contribution in [1.29, 1.82) is 0 Å². The van der Waals surface area contributed by atoms with E-state index in [0.717, 1.165) is 5.56 Å². The molecular formula is C17H20N2O5. The fourth-order valence-electron chi connectivity index (χ4n) is 2.05. The zero-order valence-corrected chi connectivity index (χ0v) is 13.7. The van der Waals surface area contributed by atoms with E-state index in [1.165, 1.54) is 6.26 Å². The first-order chi connectivity index (χ1) is 11.6. The molecule has 1 atom stereocenters. The van der Waals surface area contributed by atoms with E-state index < -0.39 is 5.97 Å². The summed E-state index contributed by atoms with van der Waals surface area (Å²) in [6, 6.07) is 9.21. The molecule has 0 radical (unpaired) electrons. The van der Waals surface area contributed by atoms with Crippen LogP contribution in [0.5, 0.6) is 0 Å². The summed E-state index contributed by atoms with van der Waals surface area (Å²) in [7, 11) is 1.55. The number of oxazole rings is 1. The third kappa shape index (κ3) is 5.51. The number of nitrogens with zero attached hydrogens (tertiary/aromatic N) is 1. The SMILES string of the molecule is COCC(C)NC(=O)COC(=O)Cc1coc(-c2ccccc2)n1. The summed E-state index contributed by atoms with van der Waals surface area (Å²) in [4.78, 5) is 27.6. The monoisotopic (exact) mass is 332 g/mol. The van der Waals surface area contributed by atoms with Crippen LogP contribution in [0, 0.1) is 0 Å². The summed E-state index contributed by atoms with van der Waals surface area (Å²) in [5.41, 5.74) is 1.27. The Hall–Kier alpha value is -2.67. The van der Waals surface area contributed by atoms with E-state index in [1.54, 1.807) is 14.0 Å². The Bertz CT molecular complexity index is 669. The summed E-state index contributed by atoms with van der Waals surface area (Å²) < 4.78 is 15.2. The Balaban J connectivity index is 1.79. The minimum atomic E-state index is -0.544. The van der Waals surface area contributed by atoms with Gasteiger partial charge in [-0.1, -0.05) is 18.2 Å². The zero-order chi connectivity index (χ0) is 17.4. The minimum absolute atomic E-state index is 0.0583. The van der Waals surface area contributed by atoms with Gasteiger partial charge in [0.1, 0.15) is 6.26 Å². The van der Waals surface area contributed by atoms with Crippen LogP contribution in [0.2, 0.25) is 0 Å². The molecule has 24 heavy (non-hydrogen) atoms. The van der Waals surface area contributed by atoms with Crippen molar-refractivity contribution in [1.82, 2.24) is 10.3 Å². The van der Waals surface area contributed by atoms with Gasteiger partial charge in [-0.25, -0.2) is 4.98 Å². The van der Waals surface area contributed by atoms with Crippen LogP contribution >= 0.6 is 0 Å². The summed E-state index contributed by atoms with van der Waals surface area (Å²) >= 11 is 0. The van der Waals surface area contributed by atoms with Gasteiger partial charge in [0.15, 0.2) is 6.61 Å². The molecule has 1 aromatic heterocycles. The highest BCUT2D eigenvalue weighted by molar-refractivity contribution is 5.81. The van der Waals surface area contributed by atoms with Crippen molar-refractivity contribution in [2.75, 3.05) is 20.3 Å². The third-order valence-corrected chi connectivity index (χ3v) is 3.09. The predicted molar refractivity (Wildman–Crippen MR) is 86.1 cm³/mol. The molecule has 2 rings (SSSR count). The maximum atomic E-state index is 11.8. The lowest BCUT2D eigenvalue weighted by molar-refractivity contribution is -0.148. The summed E-state index contributed by atoms with van der Waals surface area (Å²) in [5.74, 6) is -0.486. The van der Waals surface area contributed by atoms with Gasteiger partial charge >= 0.3 is 5.97 Å². The van der Waals surface area contributed by atoms with Crippen molar-refractivity contribution in [3.05, 3.63) is 42.3 Å². The lowest BCUT2D eigenvalue weighted by atomic mass is 10.2. The van der Waals surface area contributed by atoms with Crippen LogP contribution in [-0.4, -0.2) is 43.2 Å². The van der Waals surface area contributed by atoms with Crippen molar-refractivity contribution in [3.63, 3.8) is 0 Å². The van der Waals surface area contributed by atoms with Crippen LogP contribution in [-0.2, 0) is 25.5 Å². The molecule has 0 saturated carbocycles. The Morgan fingerprint density at radius 2 is 2.04 bits per heavy atom. The Labute approximate surface area is 140 Å². The number of nitrogens with one attached hydrogen (secondary N) is 1. The van der Waals surface area contributed by atoms with Crippen LogP contribution < -0.4 is 5.32 Å². The van der Waals surface area contributed by atoms with E-state index in [1.807, 2.05) is 30.3 Å². The van der Waals surface area contributed by atoms with Gasteiger partial charge in [-0.15, -0.1) is 0 Å². The second kappa shape index (κ2) is 8.83. The van der Waals surface area contributed by atoms with Gasteiger partial charge < -0.3 is 19.2 Å². The molecule has 2 aromatic rings. The van der Waals surface area contributed by atoms with Gasteiger partial charge in [-0.05, 0) is 19.1 Å². The van der Waals surface area contributed by atoms with Crippen molar-refractivity contribution >= 4 is 11.9 Å². The van der Waals surface area contributed by atoms with E-state index in [0.29, 0.717) is 18.2 Å². The van der Waals surface area contributed by atoms with Crippen molar-refractivity contribution in [3.8, 4) is 11.5 Å². The molecule has 0 fully saturated rings. The second-order valence-electron chi connectivity index (χ2n) is 5.27. The molecule has 1 N–H and O–H groups in total. The largest absolute Gasteiger partial charge is 0.455 e. The van der Waals surface area contributed by atoms with E-state index in [2.05, 4.69) is 10.3 Å². The van der Waals surface area contributed by atoms with Gasteiger partial charge in [-0.2, -0.15) is 0 Å². The molecule has 0 bridgehead atoms.